The molecule has 0 unspecified atom stereocenters. The van der Waals surface area contributed by atoms with E-state index in [9.17, 15) is 14.4 Å². The van der Waals surface area contributed by atoms with Gasteiger partial charge in [-0.2, -0.15) is 17.7 Å². The molecule has 1 aliphatic heterocycles. The molecule has 0 aromatic heterocycles. The van der Waals surface area contributed by atoms with Crippen molar-refractivity contribution in [1.29, 1.82) is 0 Å². The fourth-order valence-electron chi connectivity index (χ4n) is 8.20. The quantitative estimate of drug-likeness (QED) is 0.0508. The van der Waals surface area contributed by atoms with E-state index in [0.29, 0.717) is 20.1 Å². The summed E-state index contributed by atoms with van der Waals surface area (Å²) in [5.74, 6) is 4.42. The zero-order chi connectivity index (χ0) is 33.2. The third-order valence-electron chi connectivity index (χ3n) is 11.0. The fourth-order valence-corrected chi connectivity index (χ4v) is 12.1. The van der Waals surface area contributed by atoms with Gasteiger partial charge in [-0.3, -0.25) is 19.7 Å². The van der Waals surface area contributed by atoms with E-state index in [4.69, 9.17) is 16.8 Å². The molecule has 48 heavy (non-hydrogen) atoms. The Balaban J connectivity index is 0.000000310. The van der Waals surface area contributed by atoms with Gasteiger partial charge in [0, 0.05) is 17.2 Å². The van der Waals surface area contributed by atoms with Gasteiger partial charge in [-0.15, -0.1) is 0 Å². The number of imide groups is 1. The van der Waals surface area contributed by atoms with Crippen LogP contribution in [0.4, 0.5) is 0 Å². The molecule has 1 aromatic rings. The van der Waals surface area contributed by atoms with Crippen LogP contribution in [0, 0.1) is 67.1 Å². The fraction of sp³-hybridized carbons (Fsp3) is 0.676. The second-order valence-corrected chi connectivity index (χ2v) is 17.9. The second kappa shape index (κ2) is 20.7. The van der Waals surface area contributed by atoms with Crippen molar-refractivity contribution >= 4 is 66.4 Å². The Kier molecular flexibility index (Phi) is 17.4. The number of benzene rings is 1. The maximum Gasteiger partial charge on any atom is 2.00 e. The summed E-state index contributed by atoms with van der Waals surface area (Å²) < 4.78 is 6.68. The number of fused-ring (bicyclic) bond motifs is 1. The van der Waals surface area contributed by atoms with Crippen molar-refractivity contribution in [2.75, 3.05) is 7.05 Å². The molecule has 6 rings (SSSR count). The summed E-state index contributed by atoms with van der Waals surface area (Å²) in [6.07, 6.45) is 26.6. The third-order valence-corrected chi connectivity index (χ3v) is 15.2. The van der Waals surface area contributed by atoms with Crippen molar-refractivity contribution in [3.8, 4) is 5.75 Å². The van der Waals surface area contributed by atoms with E-state index in [1.54, 1.807) is 0 Å². The van der Waals surface area contributed by atoms with Crippen LogP contribution < -0.4 is 14.8 Å². The first-order valence-electron chi connectivity index (χ1n) is 17.9. The number of nitrogens with one attached hydrogen (secondary N) is 2. The van der Waals surface area contributed by atoms with Crippen LogP contribution in [0.3, 0.4) is 0 Å². The molecule has 0 spiro atoms. The molecule has 0 saturated heterocycles. The molecule has 4 aliphatic carbocycles. The maximum absolute atomic E-state index is 12.4. The number of carbonyl (C=O) groups excluding carboxylic acids is 3. The van der Waals surface area contributed by atoms with Gasteiger partial charge >= 0.3 is 31.1 Å². The van der Waals surface area contributed by atoms with Gasteiger partial charge in [0.2, 0.25) is 6.41 Å². The second-order valence-electron chi connectivity index (χ2n) is 14.1. The van der Waals surface area contributed by atoms with Crippen LogP contribution in [0.5, 0.6) is 5.75 Å². The van der Waals surface area contributed by atoms with Gasteiger partial charge in [-0.05, 0) is 74.2 Å². The van der Waals surface area contributed by atoms with Crippen LogP contribution in [0.15, 0.2) is 36.6 Å². The average molecular weight is 955 g/mol. The van der Waals surface area contributed by atoms with E-state index in [1.165, 1.54) is 152 Å². The minimum Gasteiger partial charge on any atom is -0.779 e. The summed E-state index contributed by atoms with van der Waals surface area (Å²) in [7, 11) is 1.45. The van der Waals surface area contributed by atoms with Crippen LogP contribution in [0.25, 0.3) is 0 Å². The molecule has 4 saturated carbocycles. The third kappa shape index (κ3) is 11.1. The molecule has 6 nitrogen and oxygen atoms in total. The zero-order valence-electron chi connectivity index (χ0n) is 28.6. The molecule has 2 N–H and O–H groups in total. The molecule has 0 radical (unpaired) electrons. The maximum atomic E-state index is 12.4. The minimum absolute atomic E-state index is 0. The van der Waals surface area contributed by atoms with Gasteiger partial charge < -0.3 is 28.5 Å². The van der Waals surface area contributed by atoms with Crippen LogP contribution in [-0.2, 0) is 27.0 Å². The van der Waals surface area contributed by atoms with Crippen LogP contribution >= 0.6 is 35.6 Å². The predicted molar refractivity (Wildman–Crippen MR) is 197 cm³/mol. The number of rotatable bonds is 8. The summed E-state index contributed by atoms with van der Waals surface area (Å²) in [5.41, 5.74) is -0.102. The molecule has 0 atom stereocenters. The molecular formula is C37H52N2O4S4U. The first-order valence-corrected chi connectivity index (χ1v) is 20.8. The Morgan fingerprint density at radius 3 is 2.04 bits per heavy atom. The van der Waals surface area contributed by atoms with Crippen LogP contribution in [0.1, 0.15) is 116 Å². The van der Waals surface area contributed by atoms with Crippen LogP contribution in [-0.4, -0.2) is 30.5 Å². The normalized spacial score (nSPS) is 27.3. The molecule has 11 heteroatoms. The largest absolute Gasteiger partial charge is 2.00 e. The van der Waals surface area contributed by atoms with Crippen molar-refractivity contribution in [1.82, 2.24) is 10.6 Å². The Bertz CT molecular complexity index is 1250. The minimum atomic E-state index is -0.741. The first kappa shape index (κ1) is 40.5. The Labute approximate surface area is 330 Å². The zero-order valence-corrected chi connectivity index (χ0v) is 36.0. The van der Waals surface area contributed by atoms with Gasteiger partial charge in [0.1, 0.15) is 5.57 Å². The number of amides is 3. The summed E-state index contributed by atoms with van der Waals surface area (Å²) in [6.45, 7) is 2.42. The first-order chi connectivity index (χ1) is 22.9. The van der Waals surface area contributed by atoms with Crippen molar-refractivity contribution < 1.29 is 49.7 Å². The summed E-state index contributed by atoms with van der Waals surface area (Å²) in [6, 6.07) is 3.69. The molecule has 0 bridgehead atoms. The Morgan fingerprint density at radius 2 is 1.42 bits per heavy atom. The molecule has 1 aromatic carbocycles. The standard InChI is InChI=1S/C24H30N2O4S4.C13H23.U/c1-25-22(28)19(23(29)26-13-27)24-32-20-17(11-12-18(31)21(20)33-24)30-34-16-9-7-15(8-10-16)14-5-3-2-4-6-14;1-11-7-9-13(10-8-11)12-5-3-2-4-6-12;/h11-16,31H,2-10H2,1H3,(H,25,28)(H,26,27,29);2,11-13H,3-10H2,1H3;/q;-1;+2/p-1/b24-19-;;. The predicted octanol–water partition coefficient (Wildman–Crippen LogP) is 9.39. The average Bonchev–Trinajstić information content (AvgIpc) is 3.55. The van der Waals surface area contributed by atoms with Gasteiger partial charge in [-0.25, -0.2) is 0 Å². The number of hydrogen-bond acceptors (Lipinski definition) is 8. The molecule has 3 amide bonds. The van der Waals surface area contributed by atoms with Crippen molar-refractivity contribution in [2.45, 2.75) is 136 Å². The number of likely N-dealkylation sites (N-methyl/N-ethyl adjacent to an activating group) is 1. The van der Waals surface area contributed by atoms with E-state index in [1.807, 2.05) is 12.1 Å². The van der Waals surface area contributed by atoms with E-state index >= 15 is 0 Å². The summed E-state index contributed by atoms with van der Waals surface area (Å²) >= 11 is 9.59. The number of hydrogen-bond donors (Lipinski definition) is 2. The Hall–Kier alpha value is -0.308. The van der Waals surface area contributed by atoms with Gasteiger partial charge in [0.25, 0.3) is 11.8 Å². The van der Waals surface area contributed by atoms with Crippen molar-refractivity contribution in [3.05, 3.63) is 28.4 Å². The Morgan fingerprint density at radius 1 is 0.833 bits per heavy atom. The van der Waals surface area contributed by atoms with E-state index in [-0.39, 0.29) is 43.1 Å². The molecular weight excluding hydrogens is 903 g/mol. The summed E-state index contributed by atoms with van der Waals surface area (Å²) in [4.78, 5) is 37.8. The number of thioether (sulfide) groups is 2. The molecule has 5 aliphatic rings. The summed E-state index contributed by atoms with van der Waals surface area (Å²) in [5, 5.41) is 5.00. The topological polar surface area (TPSA) is 84.5 Å². The monoisotopic (exact) mass is 954 g/mol. The van der Waals surface area contributed by atoms with E-state index < -0.39 is 11.8 Å². The van der Waals surface area contributed by atoms with Gasteiger partial charge in [-0.1, -0.05) is 94.3 Å². The van der Waals surface area contributed by atoms with E-state index in [2.05, 4.69) is 24.0 Å². The van der Waals surface area contributed by atoms with Crippen molar-refractivity contribution in [2.24, 2.45) is 29.6 Å². The van der Waals surface area contributed by atoms with Crippen molar-refractivity contribution in [3.63, 3.8) is 0 Å². The van der Waals surface area contributed by atoms with Gasteiger partial charge in [0.05, 0.1) is 21.2 Å². The SMILES string of the molecule is CC1CCC(C2CC[CH-]CC2)CC1.CNC(=O)/C(C(=O)NC=O)=C1/Sc2c([S-])ccc(OSC3CCC(C4CCCCC4)CC3)c2S1.[U+2]. The molecule has 1 heterocycles. The smallest absolute Gasteiger partial charge is 0.779 e. The number of carbonyl (C=O) groups is 3. The van der Waals surface area contributed by atoms with Crippen LogP contribution in [0.2, 0.25) is 0 Å². The van der Waals surface area contributed by atoms with Gasteiger partial charge in [0.15, 0.2) is 5.75 Å². The molecule has 262 valence electrons. The van der Waals surface area contributed by atoms with E-state index in [0.717, 1.165) is 39.4 Å². The molecule has 4 fully saturated rings.